The Morgan fingerprint density at radius 1 is 1.39 bits per heavy atom. The number of fused-ring (bicyclic) bond motifs is 1. The summed E-state index contributed by atoms with van der Waals surface area (Å²) in [7, 11) is 0. The summed E-state index contributed by atoms with van der Waals surface area (Å²) in [5, 5.41) is 14.4. The van der Waals surface area contributed by atoms with Gasteiger partial charge in [0.15, 0.2) is 0 Å². The van der Waals surface area contributed by atoms with Crippen LogP contribution in [0.5, 0.6) is 0 Å². The maximum Gasteiger partial charge on any atom is 0.305 e. The number of carboxylic acid groups (broad SMARTS) is 1. The highest BCUT2D eigenvalue weighted by Crippen LogP contribution is 2.18. The first-order valence-electron chi connectivity index (χ1n) is 6.00. The van der Waals surface area contributed by atoms with E-state index in [1.54, 1.807) is 6.07 Å². The van der Waals surface area contributed by atoms with Crippen LogP contribution in [0.1, 0.15) is 27.9 Å². The number of benzene rings is 1. The van der Waals surface area contributed by atoms with Gasteiger partial charge in [-0.05, 0) is 30.2 Å². The van der Waals surface area contributed by atoms with Crippen molar-refractivity contribution in [3.05, 3.63) is 34.9 Å². The zero-order valence-corrected chi connectivity index (χ0v) is 10.0. The SMILES string of the molecule is O=C(O)CCNC(=O)c1cccc2c1CCNC2. The Bertz CT molecular complexity index is 471. The van der Waals surface area contributed by atoms with Gasteiger partial charge < -0.3 is 15.7 Å². The average Bonchev–Trinajstić information content (AvgIpc) is 2.37. The summed E-state index contributed by atoms with van der Waals surface area (Å²) in [4.78, 5) is 22.4. The maximum atomic E-state index is 12.0. The van der Waals surface area contributed by atoms with Gasteiger partial charge in [0.25, 0.3) is 5.91 Å². The van der Waals surface area contributed by atoms with Crippen molar-refractivity contribution in [2.75, 3.05) is 13.1 Å². The fraction of sp³-hybridized carbons (Fsp3) is 0.385. The Labute approximate surface area is 105 Å². The average molecular weight is 248 g/mol. The molecule has 96 valence electrons. The van der Waals surface area contributed by atoms with Crippen LogP contribution in [0.3, 0.4) is 0 Å². The zero-order chi connectivity index (χ0) is 13.0. The van der Waals surface area contributed by atoms with E-state index in [1.165, 1.54) is 0 Å². The number of hydrogen-bond acceptors (Lipinski definition) is 3. The number of carboxylic acids is 1. The lowest BCUT2D eigenvalue weighted by molar-refractivity contribution is -0.136. The van der Waals surface area contributed by atoms with E-state index in [2.05, 4.69) is 10.6 Å². The van der Waals surface area contributed by atoms with E-state index in [-0.39, 0.29) is 18.9 Å². The van der Waals surface area contributed by atoms with Gasteiger partial charge >= 0.3 is 5.97 Å². The predicted molar refractivity (Wildman–Crippen MR) is 66.4 cm³/mol. The Morgan fingerprint density at radius 3 is 3.00 bits per heavy atom. The lowest BCUT2D eigenvalue weighted by atomic mass is 9.95. The number of nitrogens with one attached hydrogen (secondary N) is 2. The van der Waals surface area contributed by atoms with Crippen molar-refractivity contribution in [1.29, 1.82) is 0 Å². The highest BCUT2D eigenvalue weighted by atomic mass is 16.4. The molecule has 0 radical (unpaired) electrons. The van der Waals surface area contributed by atoms with Crippen LogP contribution in [0.25, 0.3) is 0 Å². The van der Waals surface area contributed by atoms with Gasteiger partial charge in [0.2, 0.25) is 0 Å². The van der Waals surface area contributed by atoms with E-state index in [4.69, 9.17) is 5.11 Å². The number of amides is 1. The Balaban J connectivity index is 2.08. The minimum absolute atomic E-state index is 0.0533. The van der Waals surface area contributed by atoms with Crippen molar-refractivity contribution in [2.24, 2.45) is 0 Å². The summed E-state index contributed by atoms with van der Waals surface area (Å²) in [5.74, 6) is -1.09. The van der Waals surface area contributed by atoms with Crippen molar-refractivity contribution >= 4 is 11.9 Å². The van der Waals surface area contributed by atoms with Gasteiger partial charge in [-0.3, -0.25) is 9.59 Å². The van der Waals surface area contributed by atoms with E-state index in [0.717, 1.165) is 30.6 Å². The maximum absolute atomic E-state index is 12.0. The monoisotopic (exact) mass is 248 g/mol. The van der Waals surface area contributed by atoms with E-state index in [1.807, 2.05) is 12.1 Å². The molecule has 1 heterocycles. The van der Waals surface area contributed by atoms with Gasteiger partial charge in [-0.25, -0.2) is 0 Å². The van der Waals surface area contributed by atoms with Crippen molar-refractivity contribution in [3.8, 4) is 0 Å². The van der Waals surface area contributed by atoms with E-state index in [9.17, 15) is 9.59 Å². The molecule has 0 aliphatic carbocycles. The van der Waals surface area contributed by atoms with Gasteiger partial charge in [-0.15, -0.1) is 0 Å². The van der Waals surface area contributed by atoms with Gasteiger partial charge in [-0.2, -0.15) is 0 Å². The smallest absolute Gasteiger partial charge is 0.305 e. The van der Waals surface area contributed by atoms with Gasteiger partial charge in [0, 0.05) is 18.7 Å². The van der Waals surface area contributed by atoms with E-state index < -0.39 is 5.97 Å². The number of carbonyl (C=O) groups is 2. The minimum Gasteiger partial charge on any atom is -0.481 e. The number of carbonyl (C=O) groups excluding carboxylic acids is 1. The van der Waals surface area contributed by atoms with Gasteiger partial charge in [-0.1, -0.05) is 12.1 Å². The third-order valence-electron chi connectivity index (χ3n) is 3.01. The van der Waals surface area contributed by atoms with Crippen LogP contribution < -0.4 is 10.6 Å². The van der Waals surface area contributed by atoms with Crippen molar-refractivity contribution in [1.82, 2.24) is 10.6 Å². The molecule has 0 saturated carbocycles. The molecule has 1 aliphatic heterocycles. The molecule has 1 aliphatic rings. The topological polar surface area (TPSA) is 78.4 Å². The van der Waals surface area contributed by atoms with Crippen LogP contribution >= 0.6 is 0 Å². The molecule has 1 aromatic rings. The number of hydrogen-bond donors (Lipinski definition) is 3. The van der Waals surface area contributed by atoms with Crippen molar-refractivity contribution < 1.29 is 14.7 Å². The molecule has 0 aromatic heterocycles. The summed E-state index contributed by atoms with van der Waals surface area (Å²) in [6.07, 6.45) is 0.778. The van der Waals surface area contributed by atoms with Crippen LogP contribution in [-0.2, 0) is 17.8 Å². The molecule has 2 rings (SSSR count). The molecule has 0 bridgehead atoms. The van der Waals surface area contributed by atoms with Crippen LogP contribution in [0, 0.1) is 0 Å². The van der Waals surface area contributed by atoms with Crippen LogP contribution in [0.4, 0.5) is 0 Å². The zero-order valence-electron chi connectivity index (χ0n) is 10.0. The molecule has 0 saturated heterocycles. The minimum atomic E-state index is -0.908. The van der Waals surface area contributed by atoms with Crippen molar-refractivity contribution in [2.45, 2.75) is 19.4 Å². The molecule has 0 fully saturated rings. The first kappa shape index (κ1) is 12.6. The molecule has 3 N–H and O–H groups in total. The Kier molecular flexibility index (Phi) is 3.94. The standard InChI is InChI=1S/C13H16N2O3/c16-12(17)5-7-15-13(18)11-3-1-2-9-8-14-6-4-10(9)11/h1-3,14H,4-8H2,(H,15,18)(H,16,17). The Morgan fingerprint density at radius 2 is 2.22 bits per heavy atom. The molecule has 1 amide bonds. The number of rotatable bonds is 4. The normalized spacial score (nSPS) is 13.8. The van der Waals surface area contributed by atoms with Gasteiger partial charge in [0.1, 0.15) is 0 Å². The molecule has 0 spiro atoms. The van der Waals surface area contributed by atoms with E-state index in [0.29, 0.717) is 5.56 Å². The van der Waals surface area contributed by atoms with Crippen molar-refractivity contribution in [3.63, 3.8) is 0 Å². The third-order valence-corrected chi connectivity index (χ3v) is 3.01. The first-order valence-corrected chi connectivity index (χ1v) is 6.00. The highest BCUT2D eigenvalue weighted by molar-refractivity contribution is 5.96. The molecular formula is C13H16N2O3. The molecule has 0 atom stereocenters. The summed E-state index contributed by atoms with van der Waals surface area (Å²) in [5.41, 5.74) is 2.88. The number of aliphatic carboxylic acids is 1. The summed E-state index contributed by atoms with van der Waals surface area (Å²) < 4.78 is 0. The highest BCUT2D eigenvalue weighted by Gasteiger charge is 2.16. The fourth-order valence-electron chi connectivity index (χ4n) is 2.12. The van der Waals surface area contributed by atoms with E-state index >= 15 is 0 Å². The summed E-state index contributed by atoms with van der Waals surface area (Å²) in [6.45, 7) is 1.81. The second kappa shape index (κ2) is 5.64. The quantitative estimate of drug-likeness (QED) is 0.726. The second-order valence-corrected chi connectivity index (χ2v) is 4.27. The summed E-state index contributed by atoms with van der Waals surface area (Å²) in [6, 6.07) is 5.66. The largest absolute Gasteiger partial charge is 0.481 e. The predicted octanol–water partition coefficient (Wildman–Crippen LogP) is 0.537. The van der Waals surface area contributed by atoms with Crippen LogP contribution in [-0.4, -0.2) is 30.1 Å². The molecule has 1 aromatic carbocycles. The summed E-state index contributed by atoms with van der Waals surface area (Å²) >= 11 is 0. The lowest BCUT2D eigenvalue weighted by Gasteiger charge is -2.19. The first-order chi connectivity index (χ1) is 8.68. The third kappa shape index (κ3) is 2.87. The molecule has 5 heteroatoms. The van der Waals surface area contributed by atoms with Gasteiger partial charge in [0.05, 0.1) is 6.42 Å². The molecular weight excluding hydrogens is 232 g/mol. The molecule has 18 heavy (non-hydrogen) atoms. The lowest BCUT2D eigenvalue weighted by Crippen LogP contribution is -2.30. The second-order valence-electron chi connectivity index (χ2n) is 4.27. The van der Waals surface area contributed by atoms with Crippen LogP contribution in [0.15, 0.2) is 18.2 Å². The molecule has 0 unspecified atom stereocenters. The molecule has 5 nitrogen and oxygen atoms in total. The Hall–Kier alpha value is -1.88. The fourth-order valence-corrected chi connectivity index (χ4v) is 2.12. The van der Waals surface area contributed by atoms with Crippen LogP contribution in [0.2, 0.25) is 0 Å².